The van der Waals surface area contributed by atoms with Crippen molar-refractivity contribution in [2.45, 2.75) is 232 Å². The van der Waals surface area contributed by atoms with Crippen molar-refractivity contribution in [3.63, 3.8) is 0 Å². The lowest BCUT2D eigenvalue weighted by molar-refractivity contribution is -0.677. The smallest absolute Gasteiger partial charge is 0.253 e. The molecule has 0 bridgehead atoms. The summed E-state index contributed by atoms with van der Waals surface area (Å²) in [6.45, 7) is 4.64. The van der Waals surface area contributed by atoms with Crippen molar-refractivity contribution in [2.24, 2.45) is 13.0 Å². The number of rotatable bonds is 35. The van der Waals surface area contributed by atoms with Gasteiger partial charge in [0.05, 0.1) is 7.05 Å². The van der Waals surface area contributed by atoms with Gasteiger partial charge in [0, 0.05) is 6.42 Å². The minimum atomic E-state index is 0. The monoisotopic (exact) mass is 637 g/mol. The number of hydrogen-bond donors (Lipinski definition) is 1. The van der Waals surface area contributed by atoms with Crippen LogP contribution in [0.1, 0.15) is 232 Å². The van der Waals surface area contributed by atoms with Gasteiger partial charge in [-0.3, -0.25) is 0 Å². The van der Waals surface area contributed by atoms with Crippen molar-refractivity contribution >= 4 is 0 Å². The lowest BCUT2D eigenvalue weighted by Crippen LogP contribution is -3.00. The number of aromatic amines is 1. The molecular weight excluding hydrogens is 556 g/mol. The van der Waals surface area contributed by atoms with E-state index < -0.39 is 0 Å². The van der Waals surface area contributed by atoms with Gasteiger partial charge < -0.3 is 12.4 Å². The van der Waals surface area contributed by atoms with Gasteiger partial charge in [0.1, 0.15) is 12.4 Å². The predicted octanol–water partition coefficient (Wildman–Crippen LogP) is 10.9. The van der Waals surface area contributed by atoms with Crippen molar-refractivity contribution in [1.82, 2.24) is 4.98 Å². The maximum atomic E-state index is 3.38. The molecule has 0 fully saturated rings. The van der Waals surface area contributed by atoms with Crippen LogP contribution in [0.15, 0.2) is 12.4 Å². The molecule has 2 nitrogen and oxygen atoms in total. The van der Waals surface area contributed by atoms with E-state index in [0.29, 0.717) is 0 Å². The molecule has 1 rings (SSSR count). The minimum Gasteiger partial charge on any atom is -1.00 e. The number of unbranched alkanes of at least 4 members (excludes halogenated alkanes) is 27. The molecule has 1 atom stereocenters. The highest BCUT2D eigenvalue weighted by Gasteiger charge is 2.09. The molecule has 0 aromatic carbocycles. The standard InChI is InChI=1S/C41H80N2.ClH/c1-4-6-8-10-12-14-15-16-17-18-19-20-21-23-27-31-35-40(34-30-26-22-13-11-9-7-5-2)36-32-28-24-25-29-33-37-41-42-38-39-43(41)3;/h38-40H,4-37H2,1-3H3;1H. The van der Waals surface area contributed by atoms with Crippen LogP contribution in [-0.2, 0) is 13.5 Å². The number of aryl methyl sites for hydroxylation is 2. The zero-order valence-electron chi connectivity index (χ0n) is 30.6. The fourth-order valence-corrected chi connectivity index (χ4v) is 7.10. The summed E-state index contributed by atoms with van der Waals surface area (Å²) in [5, 5.41) is 0. The number of nitrogens with one attached hydrogen (secondary N) is 1. The molecular formula is C41H81ClN2. The van der Waals surface area contributed by atoms with Gasteiger partial charge in [-0.2, -0.15) is 0 Å². The Morgan fingerprint density at radius 3 is 1.05 bits per heavy atom. The topological polar surface area (TPSA) is 19.7 Å². The Kier molecular flexibility index (Phi) is 35.0. The molecule has 44 heavy (non-hydrogen) atoms. The van der Waals surface area contributed by atoms with E-state index in [2.05, 4.69) is 42.8 Å². The largest absolute Gasteiger partial charge is 1.00 e. The van der Waals surface area contributed by atoms with Gasteiger partial charge in [-0.1, -0.05) is 219 Å². The van der Waals surface area contributed by atoms with Crippen LogP contribution in [0.25, 0.3) is 0 Å². The zero-order valence-corrected chi connectivity index (χ0v) is 31.4. The first-order chi connectivity index (χ1) is 21.3. The van der Waals surface area contributed by atoms with Gasteiger partial charge >= 0.3 is 0 Å². The van der Waals surface area contributed by atoms with E-state index in [-0.39, 0.29) is 12.4 Å². The Bertz CT molecular complexity index is 657. The van der Waals surface area contributed by atoms with Crippen LogP contribution in [0.2, 0.25) is 0 Å². The fourth-order valence-electron chi connectivity index (χ4n) is 7.10. The highest BCUT2D eigenvalue weighted by atomic mass is 35.5. The molecule has 1 heterocycles. The Labute approximate surface area is 284 Å². The average molecular weight is 638 g/mol. The molecule has 0 spiro atoms. The van der Waals surface area contributed by atoms with Crippen LogP contribution < -0.4 is 17.0 Å². The summed E-state index contributed by atoms with van der Waals surface area (Å²) in [5.74, 6) is 2.39. The highest BCUT2D eigenvalue weighted by molar-refractivity contribution is 4.76. The maximum absolute atomic E-state index is 3.38. The molecule has 0 aliphatic rings. The van der Waals surface area contributed by atoms with Gasteiger partial charge in [-0.15, -0.1) is 0 Å². The Morgan fingerprint density at radius 2 is 0.750 bits per heavy atom. The van der Waals surface area contributed by atoms with Crippen LogP contribution in [0.3, 0.4) is 0 Å². The van der Waals surface area contributed by atoms with Crippen molar-refractivity contribution in [2.75, 3.05) is 0 Å². The molecule has 1 unspecified atom stereocenters. The molecule has 1 aromatic rings. The molecule has 0 radical (unpaired) electrons. The minimum absolute atomic E-state index is 0. The molecule has 0 saturated heterocycles. The summed E-state index contributed by atoms with van der Waals surface area (Å²) in [7, 11) is 2.15. The molecule has 1 aromatic heterocycles. The second-order valence-corrected chi connectivity index (χ2v) is 14.4. The lowest BCUT2D eigenvalue weighted by Gasteiger charge is -2.17. The van der Waals surface area contributed by atoms with Crippen LogP contribution in [0.5, 0.6) is 0 Å². The summed E-state index contributed by atoms with van der Waals surface area (Å²) < 4.78 is 2.23. The summed E-state index contributed by atoms with van der Waals surface area (Å²) in [6, 6.07) is 0. The predicted molar refractivity (Wildman–Crippen MR) is 193 cm³/mol. The molecule has 0 aliphatic heterocycles. The molecule has 0 saturated carbocycles. The summed E-state index contributed by atoms with van der Waals surface area (Å²) in [6.07, 6.45) is 53.7. The summed E-state index contributed by atoms with van der Waals surface area (Å²) >= 11 is 0. The van der Waals surface area contributed by atoms with Crippen molar-refractivity contribution in [1.29, 1.82) is 0 Å². The van der Waals surface area contributed by atoms with Crippen LogP contribution >= 0.6 is 0 Å². The highest BCUT2D eigenvalue weighted by Crippen LogP contribution is 2.25. The van der Waals surface area contributed by atoms with Gasteiger partial charge in [-0.25, -0.2) is 9.55 Å². The van der Waals surface area contributed by atoms with Gasteiger partial charge in [0.2, 0.25) is 0 Å². The van der Waals surface area contributed by atoms with Crippen molar-refractivity contribution < 1.29 is 17.0 Å². The third kappa shape index (κ3) is 28.9. The van der Waals surface area contributed by atoms with E-state index in [4.69, 9.17) is 0 Å². The number of H-pyrrole nitrogens is 1. The summed E-state index contributed by atoms with van der Waals surface area (Å²) in [4.78, 5) is 3.38. The molecule has 0 amide bonds. The number of nitrogens with zero attached hydrogens (tertiary/aromatic N) is 1. The second kappa shape index (κ2) is 35.4. The van der Waals surface area contributed by atoms with Crippen LogP contribution in [0, 0.1) is 5.92 Å². The van der Waals surface area contributed by atoms with E-state index in [1.54, 1.807) is 0 Å². The Hall–Kier alpha value is -0.500. The maximum Gasteiger partial charge on any atom is 0.253 e. The first-order valence-corrected chi connectivity index (χ1v) is 20.3. The Balaban J connectivity index is 0.0000185. The number of imidazole rings is 1. The van der Waals surface area contributed by atoms with Gasteiger partial charge in [0.15, 0.2) is 0 Å². The first-order valence-electron chi connectivity index (χ1n) is 20.3. The SMILES string of the molecule is CCCCCCCCCCCCCCCCCCC(CCCCCCCCCC)CCCCCCCCc1[nH]cc[n+]1C.[Cl-]. The van der Waals surface area contributed by atoms with Crippen molar-refractivity contribution in [3.05, 3.63) is 18.2 Å². The molecule has 0 aliphatic carbocycles. The van der Waals surface area contributed by atoms with Gasteiger partial charge in [0.25, 0.3) is 5.82 Å². The molecule has 3 heteroatoms. The first kappa shape index (κ1) is 43.5. The number of hydrogen-bond acceptors (Lipinski definition) is 0. The average Bonchev–Trinajstić information content (AvgIpc) is 3.43. The summed E-state index contributed by atoms with van der Waals surface area (Å²) in [5.41, 5.74) is 0. The van der Waals surface area contributed by atoms with Crippen LogP contribution in [0.4, 0.5) is 0 Å². The normalized spacial score (nSPS) is 12.1. The number of halogens is 1. The van der Waals surface area contributed by atoms with E-state index >= 15 is 0 Å². The van der Waals surface area contributed by atoms with E-state index in [0.717, 1.165) is 5.92 Å². The van der Waals surface area contributed by atoms with E-state index in [1.165, 1.54) is 224 Å². The van der Waals surface area contributed by atoms with Crippen molar-refractivity contribution in [3.8, 4) is 0 Å². The van der Waals surface area contributed by atoms with Crippen LogP contribution in [-0.4, -0.2) is 4.98 Å². The lowest BCUT2D eigenvalue weighted by atomic mass is 9.89. The molecule has 1 N–H and O–H groups in total. The zero-order chi connectivity index (χ0) is 30.9. The third-order valence-electron chi connectivity index (χ3n) is 10.2. The third-order valence-corrected chi connectivity index (χ3v) is 10.2. The fraction of sp³-hybridized carbons (Fsp3) is 0.927. The van der Waals surface area contributed by atoms with E-state index in [9.17, 15) is 0 Å². The van der Waals surface area contributed by atoms with Gasteiger partial charge in [-0.05, 0) is 12.3 Å². The second-order valence-electron chi connectivity index (χ2n) is 14.4. The number of aromatic nitrogens is 2. The quantitative estimate of drug-likeness (QED) is 0.0565. The van der Waals surface area contributed by atoms with E-state index in [1.807, 2.05) is 0 Å². The molecule has 262 valence electrons. The Morgan fingerprint density at radius 1 is 0.455 bits per heavy atom.